The molecule has 4 nitrogen and oxygen atoms in total. The quantitative estimate of drug-likeness (QED) is 0.446. The third kappa shape index (κ3) is 3.31. The van der Waals surface area contributed by atoms with Crippen LogP contribution in [0.5, 0.6) is 5.75 Å². The number of carbonyl (C=O) groups excluding carboxylic acids is 2. The van der Waals surface area contributed by atoms with Gasteiger partial charge in [-0.3, -0.25) is 9.59 Å². The van der Waals surface area contributed by atoms with Crippen LogP contribution in [0.3, 0.4) is 0 Å². The van der Waals surface area contributed by atoms with Crippen LogP contribution in [0.1, 0.15) is 24.2 Å². The predicted molar refractivity (Wildman–Crippen MR) is 63.1 cm³/mol. The van der Waals surface area contributed by atoms with Crippen molar-refractivity contribution in [3.8, 4) is 5.75 Å². The maximum atomic E-state index is 11.9. The van der Waals surface area contributed by atoms with Crippen molar-refractivity contribution in [1.82, 2.24) is 0 Å². The van der Waals surface area contributed by atoms with Crippen molar-refractivity contribution < 1.29 is 19.1 Å². The summed E-state index contributed by atoms with van der Waals surface area (Å²) in [5.41, 5.74) is 0.478. The highest BCUT2D eigenvalue weighted by Crippen LogP contribution is 2.15. The molecule has 0 aliphatic rings. The van der Waals surface area contributed by atoms with Crippen LogP contribution in [-0.4, -0.2) is 25.5 Å². The van der Waals surface area contributed by atoms with Crippen molar-refractivity contribution >= 4 is 11.8 Å². The van der Waals surface area contributed by atoms with E-state index in [1.54, 1.807) is 45.2 Å². The molecule has 1 aromatic rings. The van der Waals surface area contributed by atoms with Crippen molar-refractivity contribution in [2.24, 2.45) is 5.92 Å². The molecule has 0 fully saturated rings. The van der Waals surface area contributed by atoms with Gasteiger partial charge in [-0.1, -0.05) is 0 Å². The van der Waals surface area contributed by atoms with Gasteiger partial charge in [0.1, 0.15) is 11.7 Å². The molecule has 0 unspecified atom stereocenters. The summed E-state index contributed by atoms with van der Waals surface area (Å²) in [6.45, 7) is 3.53. The molecule has 0 saturated carbocycles. The van der Waals surface area contributed by atoms with Crippen LogP contribution < -0.4 is 4.74 Å². The van der Waals surface area contributed by atoms with Gasteiger partial charge in [-0.25, -0.2) is 0 Å². The summed E-state index contributed by atoms with van der Waals surface area (Å²) in [6, 6.07) is 6.64. The first-order chi connectivity index (χ1) is 8.10. The highest BCUT2D eigenvalue weighted by molar-refractivity contribution is 6.08. The molecule has 0 amide bonds. The zero-order valence-corrected chi connectivity index (χ0v) is 10.2. The Kier molecular flexibility index (Phi) is 4.69. The number of ketones is 1. The number of carbonyl (C=O) groups is 2. The summed E-state index contributed by atoms with van der Waals surface area (Å²) in [4.78, 5) is 23.3. The molecule has 1 aromatic carbocycles. The molecule has 1 rings (SSSR count). The Morgan fingerprint density at radius 1 is 1.24 bits per heavy atom. The first kappa shape index (κ1) is 13.2. The summed E-state index contributed by atoms with van der Waals surface area (Å²) in [5.74, 6) is -0.840. The Labute approximate surface area is 101 Å². The third-order valence-electron chi connectivity index (χ3n) is 2.41. The lowest BCUT2D eigenvalue weighted by atomic mass is 9.99. The SMILES string of the molecule is CCOC(=O)[C@H](C)C(=O)c1ccc(OC)cc1. The van der Waals surface area contributed by atoms with E-state index in [1.807, 2.05) is 0 Å². The van der Waals surface area contributed by atoms with E-state index in [9.17, 15) is 9.59 Å². The van der Waals surface area contributed by atoms with Crippen molar-refractivity contribution in [2.45, 2.75) is 13.8 Å². The zero-order chi connectivity index (χ0) is 12.8. The van der Waals surface area contributed by atoms with Gasteiger partial charge < -0.3 is 9.47 Å². The van der Waals surface area contributed by atoms with Crippen LogP contribution in [0.2, 0.25) is 0 Å². The molecule has 0 radical (unpaired) electrons. The Hall–Kier alpha value is -1.84. The van der Waals surface area contributed by atoms with E-state index in [2.05, 4.69) is 0 Å². The Bertz CT molecular complexity index is 394. The van der Waals surface area contributed by atoms with Crippen molar-refractivity contribution in [1.29, 1.82) is 0 Å². The number of hydrogen-bond donors (Lipinski definition) is 0. The molecule has 0 aliphatic carbocycles. The standard InChI is InChI=1S/C13H16O4/c1-4-17-13(15)9(2)12(14)10-5-7-11(16-3)8-6-10/h5-9H,4H2,1-3H3/t9-/m1/s1. The molecule has 0 heterocycles. The summed E-state index contributed by atoms with van der Waals surface area (Å²) in [6.07, 6.45) is 0. The Morgan fingerprint density at radius 2 is 1.82 bits per heavy atom. The van der Waals surface area contributed by atoms with Crippen LogP contribution in [0.25, 0.3) is 0 Å². The van der Waals surface area contributed by atoms with Gasteiger partial charge in [-0.15, -0.1) is 0 Å². The minimum Gasteiger partial charge on any atom is -0.497 e. The van der Waals surface area contributed by atoms with E-state index in [1.165, 1.54) is 0 Å². The van der Waals surface area contributed by atoms with E-state index in [0.717, 1.165) is 0 Å². The van der Waals surface area contributed by atoms with E-state index < -0.39 is 11.9 Å². The number of Topliss-reactive ketones (excluding diaryl/α,β-unsaturated/α-hetero) is 1. The molecular weight excluding hydrogens is 220 g/mol. The molecule has 0 bridgehead atoms. The molecular formula is C13H16O4. The maximum absolute atomic E-state index is 11.9. The zero-order valence-electron chi connectivity index (χ0n) is 10.2. The monoisotopic (exact) mass is 236 g/mol. The average Bonchev–Trinajstić information content (AvgIpc) is 2.37. The van der Waals surface area contributed by atoms with Gasteiger partial charge in [0.05, 0.1) is 13.7 Å². The molecule has 0 aliphatic heterocycles. The first-order valence-electron chi connectivity index (χ1n) is 5.45. The lowest BCUT2D eigenvalue weighted by Gasteiger charge is -2.09. The predicted octanol–water partition coefficient (Wildman–Crippen LogP) is 2.08. The van der Waals surface area contributed by atoms with Gasteiger partial charge in [-0.2, -0.15) is 0 Å². The van der Waals surface area contributed by atoms with Crippen molar-refractivity contribution in [2.75, 3.05) is 13.7 Å². The van der Waals surface area contributed by atoms with Crippen molar-refractivity contribution in [3.63, 3.8) is 0 Å². The number of rotatable bonds is 5. The fourth-order valence-electron chi connectivity index (χ4n) is 1.38. The Balaban J connectivity index is 2.77. The van der Waals surface area contributed by atoms with Crippen molar-refractivity contribution in [3.05, 3.63) is 29.8 Å². The smallest absolute Gasteiger partial charge is 0.316 e. The topological polar surface area (TPSA) is 52.6 Å². The molecule has 92 valence electrons. The largest absolute Gasteiger partial charge is 0.497 e. The van der Waals surface area contributed by atoms with Crippen LogP contribution in [0.4, 0.5) is 0 Å². The molecule has 0 saturated heterocycles. The number of hydrogen-bond acceptors (Lipinski definition) is 4. The molecule has 0 spiro atoms. The van der Waals surface area contributed by atoms with Gasteiger partial charge in [0.15, 0.2) is 5.78 Å². The second-order valence-electron chi connectivity index (χ2n) is 3.57. The molecule has 1 atom stereocenters. The summed E-state index contributed by atoms with van der Waals surface area (Å²) in [5, 5.41) is 0. The van der Waals surface area contributed by atoms with Gasteiger partial charge in [0.2, 0.25) is 0 Å². The second kappa shape index (κ2) is 6.03. The molecule has 0 aromatic heterocycles. The fraction of sp³-hybridized carbons (Fsp3) is 0.385. The van der Waals surface area contributed by atoms with E-state index in [0.29, 0.717) is 11.3 Å². The number of benzene rings is 1. The number of methoxy groups -OCH3 is 1. The van der Waals surface area contributed by atoms with E-state index >= 15 is 0 Å². The number of ether oxygens (including phenoxy) is 2. The van der Waals surface area contributed by atoms with Crippen LogP contribution in [-0.2, 0) is 9.53 Å². The van der Waals surface area contributed by atoms with Gasteiger partial charge in [-0.05, 0) is 38.1 Å². The number of esters is 1. The summed E-state index contributed by atoms with van der Waals surface area (Å²) < 4.78 is 9.80. The normalized spacial score (nSPS) is 11.7. The van der Waals surface area contributed by atoms with Crippen LogP contribution in [0.15, 0.2) is 24.3 Å². The summed E-state index contributed by atoms with van der Waals surface area (Å²) >= 11 is 0. The first-order valence-corrected chi connectivity index (χ1v) is 5.45. The van der Waals surface area contributed by atoms with Gasteiger partial charge in [0, 0.05) is 5.56 Å². The molecule has 4 heteroatoms. The highest BCUT2D eigenvalue weighted by Gasteiger charge is 2.23. The van der Waals surface area contributed by atoms with E-state index in [4.69, 9.17) is 9.47 Å². The minimum atomic E-state index is -0.775. The van der Waals surface area contributed by atoms with Crippen LogP contribution in [0, 0.1) is 5.92 Å². The van der Waals surface area contributed by atoms with Gasteiger partial charge in [0.25, 0.3) is 0 Å². The maximum Gasteiger partial charge on any atom is 0.316 e. The van der Waals surface area contributed by atoms with E-state index in [-0.39, 0.29) is 12.4 Å². The minimum absolute atomic E-state index is 0.244. The highest BCUT2D eigenvalue weighted by atomic mass is 16.5. The van der Waals surface area contributed by atoms with Crippen LogP contribution >= 0.6 is 0 Å². The fourth-order valence-corrected chi connectivity index (χ4v) is 1.38. The Morgan fingerprint density at radius 3 is 2.29 bits per heavy atom. The molecule has 0 N–H and O–H groups in total. The average molecular weight is 236 g/mol. The lowest BCUT2D eigenvalue weighted by molar-refractivity contribution is -0.145. The van der Waals surface area contributed by atoms with Gasteiger partial charge >= 0.3 is 5.97 Å². The third-order valence-corrected chi connectivity index (χ3v) is 2.41. The second-order valence-corrected chi connectivity index (χ2v) is 3.57. The summed E-state index contributed by atoms with van der Waals surface area (Å²) in [7, 11) is 1.55. The molecule has 17 heavy (non-hydrogen) atoms. The lowest BCUT2D eigenvalue weighted by Crippen LogP contribution is -2.23.